The summed E-state index contributed by atoms with van der Waals surface area (Å²) in [6.07, 6.45) is 1.35. The van der Waals surface area contributed by atoms with Crippen molar-refractivity contribution in [1.29, 1.82) is 0 Å². The summed E-state index contributed by atoms with van der Waals surface area (Å²) in [5.41, 5.74) is 1.23. The highest BCUT2D eigenvalue weighted by atomic mass is 35.5. The second-order valence-corrected chi connectivity index (χ2v) is 10.0. The van der Waals surface area contributed by atoms with Gasteiger partial charge in [-0.2, -0.15) is 8.78 Å². The van der Waals surface area contributed by atoms with Crippen LogP contribution in [0.3, 0.4) is 0 Å². The number of benzene rings is 2. The Morgan fingerprint density at radius 2 is 1.81 bits per heavy atom. The molecule has 31 heavy (non-hydrogen) atoms. The van der Waals surface area contributed by atoms with Gasteiger partial charge in [0, 0.05) is 17.3 Å². The molecule has 0 aliphatic carbocycles. The van der Waals surface area contributed by atoms with Crippen molar-refractivity contribution in [2.45, 2.75) is 28.9 Å². The molecular weight excluding hydrogens is 450 g/mol. The minimum absolute atomic E-state index is 0.0134. The standard InChI is InChI=1S/C21H21ClF2N2O4S/c22-14-1-6-18-17(13-14)21(19(27)25-18)7-9-26(10-8-21)11-12-30-15-2-4-16(5-3-15)31(28,29)20(23)24/h1-6,13,20H,7-12H2,(H,25,27). The number of amides is 1. The molecule has 1 amide bonds. The van der Waals surface area contributed by atoms with Crippen LogP contribution in [-0.4, -0.2) is 51.2 Å². The zero-order valence-electron chi connectivity index (χ0n) is 16.5. The monoisotopic (exact) mass is 470 g/mol. The number of hydrogen-bond donors (Lipinski definition) is 1. The van der Waals surface area contributed by atoms with E-state index in [0.717, 1.165) is 23.4 Å². The maximum absolute atomic E-state index is 12.7. The van der Waals surface area contributed by atoms with Crippen molar-refractivity contribution in [3.05, 3.63) is 53.1 Å². The molecule has 2 aliphatic heterocycles. The van der Waals surface area contributed by atoms with Gasteiger partial charge in [0.05, 0.1) is 10.3 Å². The molecule has 2 aromatic carbocycles. The number of likely N-dealkylation sites (tertiary alicyclic amines) is 1. The van der Waals surface area contributed by atoms with Crippen LogP contribution < -0.4 is 10.1 Å². The molecule has 1 N–H and O–H groups in total. The lowest BCUT2D eigenvalue weighted by molar-refractivity contribution is -0.122. The van der Waals surface area contributed by atoms with Crippen LogP contribution in [0.1, 0.15) is 18.4 Å². The molecule has 1 saturated heterocycles. The Balaban J connectivity index is 1.31. The molecule has 0 saturated carbocycles. The second-order valence-electron chi connectivity index (χ2n) is 7.69. The second kappa shape index (κ2) is 8.37. The summed E-state index contributed by atoms with van der Waals surface area (Å²) >= 11 is 6.14. The molecule has 1 fully saturated rings. The van der Waals surface area contributed by atoms with Crippen LogP contribution in [0, 0.1) is 0 Å². The molecular formula is C21H21ClF2N2O4S. The maximum Gasteiger partial charge on any atom is 0.341 e. The van der Waals surface area contributed by atoms with Crippen LogP contribution in [0.5, 0.6) is 5.75 Å². The van der Waals surface area contributed by atoms with Crippen molar-refractivity contribution in [3.63, 3.8) is 0 Å². The van der Waals surface area contributed by atoms with Gasteiger partial charge in [-0.3, -0.25) is 9.69 Å². The number of anilines is 1. The summed E-state index contributed by atoms with van der Waals surface area (Å²) in [5.74, 6) is -3.04. The Morgan fingerprint density at radius 1 is 1.13 bits per heavy atom. The number of fused-ring (bicyclic) bond motifs is 2. The highest BCUT2D eigenvalue weighted by Crippen LogP contribution is 2.45. The summed E-state index contributed by atoms with van der Waals surface area (Å²) in [6.45, 7) is 2.41. The molecule has 0 unspecified atom stereocenters. The predicted octanol–water partition coefficient (Wildman–Crippen LogP) is 3.70. The lowest BCUT2D eigenvalue weighted by Gasteiger charge is -2.37. The molecule has 0 atom stereocenters. The van der Waals surface area contributed by atoms with E-state index in [-0.39, 0.29) is 5.91 Å². The average Bonchev–Trinajstić information content (AvgIpc) is 3.01. The van der Waals surface area contributed by atoms with Crippen molar-refractivity contribution in [2.24, 2.45) is 0 Å². The molecule has 2 aromatic rings. The molecule has 6 nitrogen and oxygen atoms in total. The minimum atomic E-state index is -4.61. The fourth-order valence-electron chi connectivity index (χ4n) is 4.16. The number of carbonyl (C=O) groups excluding carboxylic acids is 1. The predicted molar refractivity (Wildman–Crippen MR) is 113 cm³/mol. The van der Waals surface area contributed by atoms with E-state index in [1.807, 2.05) is 12.1 Å². The quantitative estimate of drug-likeness (QED) is 0.696. The lowest BCUT2D eigenvalue weighted by Crippen LogP contribution is -2.47. The summed E-state index contributed by atoms with van der Waals surface area (Å²) in [6, 6.07) is 10.4. The minimum Gasteiger partial charge on any atom is -0.492 e. The van der Waals surface area contributed by atoms with Gasteiger partial charge in [-0.1, -0.05) is 11.6 Å². The van der Waals surface area contributed by atoms with Crippen LogP contribution in [0.2, 0.25) is 5.02 Å². The van der Waals surface area contributed by atoms with E-state index >= 15 is 0 Å². The first kappa shape index (κ1) is 22.0. The number of hydrogen-bond acceptors (Lipinski definition) is 5. The molecule has 0 radical (unpaired) electrons. The smallest absolute Gasteiger partial charge is 0.341 e. The van der Waals surface area contributed by atoms with Crippen molar-refractivity contribution in [3.8, 4) is 5.75 Å². The number of carbonyl (C=O) groups is 1. The fraction of sp³-hybridized carbons (Fsp3) is 0.381. The Hall–Kier alpha value is -2.23. The molecule has 0 bridgehead atoms. The highest BCUT2D eigenvalue weighted by Gasteiger charge is 2.48. The Bertz CT molecular complexity index is 1090. The van der Waals surface area contributed by atoms with Crippen molar-refractivity contribution in [2.75, 3.05) is 31.6 Å². The number of ether oxygens (including phenoxy) is 1. The van der Waals surface area contributed by atoms with Gasteiger partial charge in [0.2, 0.25) is 15.7 Å². The van der Waals surface area contributed by atoms with Crippen molar-refractivity contribution in [1.82, 2.24) is 4.90 Å². The number of halogens is 3. The van der Waals surface area contributed by atoms with E-state index in [4.69, 9.17) is 16.3 Å². The maximum atomic E-state index is 12.7. The van der Waals surface area contributed by atoms with Gasteiger partial charge in [0.15, 0.2) is 0 Å². The Kier molecular flexibility index (Phi) is 5.93. The van der Waals surface area contributed by atoms with Crippen LogP contribution in [-0.2, 0) is 20.0 Å². The third kappa shape index (κ3) is 4.14. The first-order chi connectivity index (χ1) is 14.7. The third-order valence-corrected chi connectivity index (χ3v) is 7.59. The van der Waals surface area contributed by atoms with E-state index in [0.29, 0.717) is 49.9 Å². The zero-order valence-corrected chi connectivity index (χ0v) is 18.1. The third-order valence-electron chi connectivity index (χ3n) is 5.95. The van der Waals surface area contributed by atoms with Gasteiger partial charge in [0.25, 0.3) is 0 Å². The van der Waals surface area contributed by atoms with Gasteiger partial charge in [-0.15, -0.1) is 0 Å². The van der Waals surface area contributed by atoms with Gasteiger partial charge < -0.3 is 10.1 Å². The van der Waals surface area contributed by atoms with Crippen LogP contribution in [0.25, 0.3) is 0 Å². The molecule has 0 aromatic heterocycles. The average molecular weight is 471 g/mol. The molecule has 4 rings (SSSR count). The van der Waals surface area contributed by atoms with E-state index in [1.54, 1.807) is 6.07 Å². The number of rotatable bonds is 6. The Morgan fingerprint density at radius 3 is 2.45 bits per heavy atom. The van der Waals surface area contributed by atoms with E-state index in [2.05, 4.69) is 10.2 Å². The van der Waals surface area contributed by atoms with E-state index in [9.17, 15) is 22.0 Å². The van der Waals surface area contributed by atoms with Crippen molar-refractivity contribution < 1.29 is 26.7 Å². The van der Waals surface area contributed by atoms with Gasteiger partial charge in [-0.05, 0) is 74.0 Å². The molecule has 2 heterocycles. The topological polar surface area (TPSA) is 75.7 Å². The van der Waals surface area contributed by atoms with Gasteiger partial charge >= 0.3 is 5.76 Å². The molecule has 1 spiro atoms. The molecule has 10 heteroatoms. The number of sulfone groups is 1. The highest BCUT2D eigenvalue weighted by molar-refractivity contribution is 7.91. The van der Waals surface area contributed by atoms with E-state index < -0.39 is 25.9 Å². The number of nitrogens with zero attached hydrogens (tertiary/aromatic N) is 1. The molecule has 166 valence electrons. The van der Waals surface area contributed by atoms with Gasteiger partial charge in [-0.25, -0.2) is 8.42 Å². The van der Waals surface area contributed by atoms with E-state index in [1.165, 1.54) is 12.1 Å². The van der Waals surface area contributed by atoms with Gasteiger partial charge in [0.1, 0.15) is 12.4 Å². The lowest BCUT2D eigenvalue weighted by atomic mass is 9.73. The summed E-state index contributed by atoms with van der Waals surface area (Å²) in [7, 11) is -4.61. The summed E-state index contributed by atoms with van der Waals surface area (Å²) < 4.78 is 53.7. The molecule has 2 aliphatic rings. The van der Waals surface area contributed by atoms with Crippen LogP contribution in [0.4, 0.5) is 14.5 Å². The normalized spacial score (nSPS) is 18.3. The SMILES string of the molecule is O=C1Nc2ccc(Cl)cc2C12CCN(CCOc1ccc(S(=O)(=O)C(F)F)cc1)CC2. The van der Waals surface area contributed by atoms with Crippen LogP contribution in [0.15, 0.2) is 47.4 Å². The zero-order chi connectivity index (χ0) is 22.2. The number of piperidine rings is 1. The first-order valence-corrected chi connectivity index (χ1v) is 11.7. The Labute approximate surface area is 184 Å². The summed E-state index contributed by atoms with van der Waals surface area (Å²) in [5, 5.41) is 3.57. The number of nitrogens with one attached hydrogen (secondary N) is 1. The van der Waals surface area contributed by atoms with Crippen molar-refractivity contribution >= 4 is 33.0 Å². The number of alkyl halides is 2. The fourth-order valence-corrected chi connectivity index (χ4v) is 5.05. The summed E-state index contributed by atoms with van der Waals surface area (Å²) in [4.78, 5) is 14.4. The largest absolute Gasteiger partial charge is 0.492 e. The van der Waals surface area contributed by atoms with Crippen LogP contribution >= 0.6 is 11.6 Å². The first-order valence-electron chi connectivity index (χ1n) is 9.81.